The summed E-state index contributed by atoms with van der Waals surface area (Å²) in [5.74, 6) is 1.30. The lowest BCUT2D eigenvalue weighted by Gasteiger charge is -2.31. The highest BCUT2D eigenvalue weighted by Crippen LogP contribution is 2.28. The Balaban J connectivity index is 1.40. The second kappa shape index (κ2) is 8.82. The van der Waals surface area contributed by atoms with Crippen LogP contribution in [-0.2, 0) is 6.42 Å². The van der Waals surface area contributed by atoms with Gasteiger partial charge in [0.1, 0.15) is 5.75 Å². The van der Waals surface area contributed by atoms with Gasteiger partial charge in [0, 0.05) is 37.0 Å². The van der Waals surface area contributed by atoms with Crippen LogP contribution in [-0.4, -0.2) is 41.3 Å². The van der Waals surface area contributed by atoms with Crippen LogP contribution in [0.3, 0.4) is 0 Å². The lowest BCUT2D eigenvalue weighted by atomic mass is 9.92. The zero-order valence-corrected chi connectivity index (χ0v) is 16.6. The van der Waals surface area contributed by atoms with E-state index >= 15 is 0 Å². The summed E-state index contributed by atoms with van der Waals surface area (Å²) in [4.78, 5) is 14.6. The molecule has 0 radical (unpaired) electrons. The van der Waals surface area contributed by atoms with Crippen LogP contribution < -0.4 is 10.1 Å². The number of aromatic nitrogens is 2. The number of anilines is 1. The van der Waals surface area contributed by atoms with Crippen LogP contribution in [0.1, 0.15) is 35.4 Å². The molecule has 0 unspecified atom stereocenters. The number of likely N-dealkylation sites (tertiary alicyclic amines) is 1. The van der Waals surface area contributed by atoms with E-state index in [0.717, 1.165) is 49.4 Å². The van der Waals surface area contributed by atoms with Gasteiger partial charge in [-0.15, -0.1) is 0 Å². The largest absolute Gasteiger partial charge is 0.496 e. The highest BCUT2D eigenvalue weighted by atomic mass is 16.5. The summed E-state index contributed by atoms with van der Waals surface area (Å²) >= 11 is 0. The molecule has 2 heterocycles. The molecule has 1 aliphatic heterocycles. The maximum atomic E-state index is 12.7. The van der Waals surface area contributed by atoms with Crippen molar-refractivity contribution in [1.82, 2.24) is 15.1 Å². The molecule has 2 amide bonds. The average molecular weight is 390 g/mol. The molecule has 1 fully saturated rings. The molecule has 0 atom stereocenters. The Morgan fingerprint density at radius 3 is 2.69 bits per heavy atom. The molecule has 0 aliphatic carbocycles. The van der Waals surface area contributed by atoms with Crippen LogP contribution in [0.2, 0.25) is 0 Å². The number of piperidine rings is 1. The van der Waals surface area contributed by atoms with E-state index in [2.05, 4.69) is 27.6 Å². The fourth-order valence-electron chi connectivity index (χ4n) is 3.91. The summed E-state index contributed by atoms with van der Waals surface area (Å²) in [6.45, 7) is 1.49. The normalized spacial score (nSPS) is 14.6. The standard InChI is InChI=1S/C23H26N4O2/c1-29-22-8-7-21(14-19(22)13-17-5-3-2-4-6-17)26-23(28)27-11-9-18(10-12-27)20-15-24-25-16-20/h2-8,14-16,18H,9-13H2,1H3,(H,24,25)(H,26,28). The SMILES string of the molecule is COc1ccc(NC(=O)N2CCC(c3cn[nH]c3)CC2)cc1Cc1ccccc1. The third-order valence-electron chi connectivity index (χ3n) is 5.54. The number of hydrogen-bond donors (Lipinski definition) is 2. The zero-order chi connectivity index (χ0) is 20.1. The molecule has 0 spiro atoms. The van der Waals surface area contributed by atoms with E-state index in [1.807, 2.05) is 53.7 Å². The summed E-state index contributed by atoms with van der Waals surface area (Å²) < 4.78 is 5.51. The topological polar surface area (TPSA) is 70.2 Å². The first kappa shape index (κ1) is 19.1. The molecule has 150 valence electrons. The molecule has 1 aliphatic rings. The van der Waals surface area contributed by atoms with E-state index in [1.54, 1.807) is 7.11 Å². The van der Waals surface area contributed by atoms with Gasteiger partial charge in [-0.25, -0.2) is 4.79 Å². The predicted octanol–water partition coefficient (Wildman–Crippen LogP) is 4.42. The second-order valence-corrected chi connectivity index (χ2v) is 7.41. The van der Waals surface area contributed by atoms with Gasteiger partial charge < -0.3 is 15.0 Å². The Kier molecular flexibility index (Phi) is 5.79. The van der Waals surface area contributed by atoms with Crippen LogP contribution in [0.25, 0.3) is 0 Å². The quantitative estimate of drug-likeness (QED) is 0.677. The minimum Gasteiger partial charge on any atom is -0.496 e. The highest BCUT2D eigenvalue weighted by Gasteiger charge is 2.24. The van der Waals surface area contributed by atoms with Crippen LogP contribution in [0, 0.1) is 0 Å². The Morgan fingerprint density at radius 2 is 2.00 bits per heavy atom. The lowest BCUT2D eigenvalue weighted by Crippen LogP contribution is -2.40. The maximum Gasteiger partial charge on any atom is 0.321 e. The lowest BCUT2D eigenvalue weighted by molar-refractivity contribution is 0.194. The van der Waals surface area contributed by atoms with Crippen LogP contribution in [0.5, 0.6) is 5.75 Å². The molecule has 2 aromatic carbocycles. The van der Waals surface area contributed by atoms with Crippen LogP contribution >= 0.6 is 0 Å². The van der Waals surface area contributed by atoms with Gasteiger partial charge in [-0.05, 0) is 48.1 Å². The van der Waals surface area contributed by atoms with E-state index in [1.165, 1.54) is 11.1 Å². The number of carbonyl (C=O) groups excluding carboxylic acids is 1. The fraction of sp³-hybridized carbons (Fsp3) is 0.304. The number of nitrogens with one attached hydrogen (secondary N) is 2. The molecule has 1 saturated heterocycles. The third kappa shape index (κ3) is 4.59. The number of methoxy groups -OCH3 is 1. The number of benzene rings is 2. The Labute approximate surface area is 170 Å². The van der Waals surface area contributed by atoms with Gasteiger partial charge >= 0.3 is 6.03 Å². The number of rotatable bonds is 5. The van der Waals surface area contributed by atoms with E-state index in [9.17, 15) is 4.79 Å². The molecule has 6 nitrogen and oxygen atoms in total. The minimum absolute atomic E-state index is 0.0496. The van der Waals surface area contributed by atoms with Gasteiger partial charge in [-0.3, -0.25) is 5.10 Å². The van der Waals surface area contributed by atoms with E-state index in [-0.39, 0.29) is 6.03 Å². The number of amides is 2. The van der Waals surface area contributed by atoms with Crippen LogP contribution in [0.15, 0.2) is 60.9 Å². The number of ether oxygens (including phenoxy) is 1. The molecule has 0 saturated carbocycles. The smallest absolute Gasteiger partial charge is 0.321 e. The van der Waals surface area contributed by atoms with Crippen molar-refractivity contribution < 1.29 is 9.53 Å². The molecule has 2 N–H and O–H groups in total. The van der Waals surface area contributed by atoms with Gasteiger partial charge in [0.2, 0.25) is 0 Å². The van der Waals surface area contributed by atoms with Crippen LogP contribution in [0.4, 0.5) is 10.5 Å². The van der Waals surface area contributed by atoms with Gasteiger partial charge in [0.15, 0.2) is 0 Å². The Bertz CT molecular complexity index is 933. The predicted molar refractivity (Wildman–Crippen MR) is 113 cm³/mol. The van der Waals surface area contributed by atoms with E-state index < -0.39 is 0 Å². The number of carbonyl (C=O) groups is 1. The first-order valence-electron chi connectivity index (χ1n) is 9.98. The van der Waals surface area contributed by atoms with Gasteiger partial charge in [0.25, 0.3) is 0 Å². The third-order valence-corrected chi connectivity index (χ3v) is 5.54. The monoisotopic (exact) mass is 390 g/mol. The summed E-state index contributed by atoms with van der Waals surface area (Å²) in [5, 5.41) is 9.96. The van der Waals surface area contributed by atoms with Gasteiger partial charge in [-0.2, -0.15) is 5.10 Å². The van der Waals surface area contributed by atoms with Gasteiger partial charge in [-0.1, -0.05) is 30.3 Å². The van der Waals surface area contributed by atoms with Crippen molar-refractivity contribution in [3.8, 4) is 5.75 Å². The van der Waals surface area contributed by atoms with E-state index in [0.29, 0.717) is 5.92 Å². The first-order chi connectivity index (χ1) is 14.2. The number of hydrogen-bond acceptors (Lipinski definition) is 3. The first-order valence-corrected chi connectivity index (χ1v) is 9.98. The highest BCUT2D eigenvalue weighted by molar-refractivity contribution is 5.89. The molecule has 1 aromatic heterocycles. The fourth-order valence-corrected chi connectivity index (χ4v) is 3.91. The molecule has 6 heteroatoms. The van der Waals surface area contributed by atoms with Crippen molar-refractivity contribution in [1.29, 1.82) is 0 Å². The molecular weight excluding hydrogens is 364 g/mol. The number of nitrogens with zero attached hydrogens (tertiary/aromatic N) is 2. The summed E-state index contributed by atoms with van der Waals surface area (Å²) in [7, 11) is 1.67. The summed E-state index contributed by atoms with van der Waals surface area (Å²) in [6, 6.07) is 16.0. The number of urea groups is 1. The molecular formula is C23H26N4O2. The number of H-pyrrole nitrogens is 1. The van der Waals surface area contributed by atoms with Crippen molar-refractivity contribution in [3.05, 3.63) is 77.6 Å². The van der Waals surface area contributed by atoms with Crippen molar-refractivity contribution in [3.63, 3.8) is 0 Å². The van der Waals surface area contributed by atoms with Crippen molar-refractivity contribution in [2.45, 2.75) is 25.2 Å². The average Bonchev–Trinajstić information content (AvgIpc) is 3.30. The molecule has 3 aromatic rings. The molecule has 4 rings (SSSR count). The van der Waals surface area contributed by atoms with Crippen molar-refractivity contribution in [2.75, 3.05) is 25.5 Å². The maximum absolute atomic E-state index is 12.7. The van der Waals surface area contributed by atoms with E-state index in [4.69, 9.17) is 4.74 Å². The minimum atomic E-state index is -0.0496. The second-order valence-electron chi connectivity index (χ2n) is 7.41. The van der Waals surface area contributed by atoms with Crippen molar-refractivity contribution >= 4 is 11.7 Å². The Morgan fingerprint density at radius 1 is 1.21 bits per heavy atom. The Hall–Kier alpha value is -3.28. The molecule has 29 heavy (non-hydrogen) atoms. The molecule has 0 bridgehead atoms. The summed E-state index contributed by atoms with van der Waals surface area (Å²) in [5.41, 5.74) is 4.27. The van der Waals surface area contributed by atoms with Gasteiger partial charge in [0.05, 0.1) is 13.3 Å². The van der Waals surface area contributed by atoms with Crippen molar-refractivity contribution in [2.24, 2.45) is 0 Å². The number of aromatic amines is 1. The zero-order valence-electron chi connectivity index (χ0n) is 16.6. The summed E-state index contributed by atoms with van der Waals surface area (Å²) in [6.07, 6.45) is 6.49.